The van der Waals surface area contributed by atoms with Gasteiger partial charge < -0.3 is 10.4 Å². The molecule has 1 aliphatic carbocycles. The van der Waals surface area contributed by atoms with Gasteiger partial charge in [-0.3, -0.25) is 4.79 Å². The van der Waals surface area contributed by atoms with Crippen LogP contribution in [0.2, 0.25) is 0 Å². The van der Waals surface area contributed by atoms with Crippen molar-refractivity contribution in [3.8, 4) is 0 Å². The average molecular weight is 309 g/mol. The van der Waals surface area contributed by atoms with Crippen molar-refractivity contribution in [2.24, 2.45) is 0 Å². The minimum absolute atomic E-state index is 0.227. The standard InChI is InChI=1S/C19H19NO3/c1-11-7-8-14(9-12(11)2)17(19(22)23)20-18(21)16-10-13-5-3-4-6-15(13)16/h3-9,16-17H,10H2,1-2H3,(H,20,21)(H,22,23). The molecule has 2 aromatic rings. The van der Waals surface area contributed by atoms with Crippen LogP contribution in [0.5, 0.6) is 0 Å². The molecule has 2 aromatic carbocycles. The van der Waals surface area contributed by atoms with E-state index in [4.69, 9.17) is 0 Å². The van der Waals surface area contributed by atoms with Crippen molar-refractivity contribution in [2.45, 2.75) is 32.2 Å². The number of carboxylic acids is 1. The van der Waals surface area contributed by atoms with Crippen molar-refractivity contribution >= 4 is 11.9 Å². The van der Waals surface area contributed by atoms with E-state index in [2.05, 4.69) is 5.32 Å². The van der Waals surface area contributed by atoms with E-state index in [-0.39, 0.29) is 11.8 Å². The molecule has 2 N–H and O–H groups in total. The van der Waals surface area contributed by atoms with E-state index in [9.17, 15) is 14.7 Å². The predicted octanol–water partition coefficient (Wildman–Crippen LogP) is 2.89. The maximum absolute atomic E-state index is 12.5. The largest absolute Gasteiger partial charge is 0.479 e. The highest BCUT2D eigenvalue weighted by molar-refractivity contribution is 5.90. The van der Waals surface area contributed by atoms with Crippen LogP contribution in [0.4, 0.5) is 0 Å². The summed E-state index contributed by atoms with van der Waals surface area (Å²) in [6.45, 7) is 3.90. The molecule has 23 heavy (non-hydrogen) atoms. The number of benzene rings is 2. The number of hydrogen-bond donors (Lipinski definition) is 2. The Morgan fingerprint density at radius 1 is 1.13 bits per heavy atom. The first-order valence-corrected chi connectivity index (χ1v) is 7.65. The van der Waals surface area contributed by atoms with Crippen molar-refractivity contribution in [3.05, 3.63) is 70.3 Å². The van der Waals surface area contributed by atoms with Crippen LogP contribution < -0.4 is 5.32 Å². The third kappa shape index (κ3) is 2.84. The Kier molecular flexibility index (Phi) is 3.90. The SMILES string of the molecule is Cc1ccc(C(NC(=O)C2Cc3ccccc32)C(=O)O)cc1C. The molecule has 0 fully saturated rings. The van der Waals surface area contributed by atoms with E-state index in [1.165, 1.54) is 0 Å². The van der Waals surface area contributed by atoms with E-state index in [0.29, 0.717) is 12.0 Å². The van der Waals surface area contributed by atoms with Crippen molar-refractivity contribution in [1.29, 1.82) is 0 Å². The van der Waals surface area contributed by atoms with E-state index in [1.54, 1.807) is 6.07 Å². The highest BCUT2D eigenvalue weighted by atomic mass is 16.4. The minimum atomic E-state index is -1.05. The zero-order valence-electron chi connectivity index (χ0n) is 13.2. The molecule has 4 nitrogen and oxygen atoms in total. The maximum atomic E-state index is 12.5. The smallest absolute Gasteiger partial charge is 0.330 e. The van der Waals surface area contributed by atoms with Crippen LogP contribution in [0.25, 0.3) is 0 Å². The predicted molar refractivity (Wildman–Crippen MR) is 87.3 cm³/mol. The van der Waals surface area contributed by atoms with Crippen LogP contribution >= 0.6 is 0 Å². The molecule has 1 amide bonds. The number of aliphatic carboxylic acids is 1. The third-order valence-electron chi connectivity index (χ3n) is 4.57. The molecule has 0 spiro atoms. The van der Waals surface area contributed by atoms with Crippen molar-refractivity contribution in [3.63, 3.8) is 0 Å². The van der Waals surface area contributed by atoms with Crippen LogP contribution in [-0.2, 0) is 16.0 Å². The molecule has 0 saturated carbocycles. The van der Waals surface area contributed by atoms with Crippen LogP contribution in [0.1, 0.15) is 39.8 Å². The lowest BCUT2D eigenvalue weighted by Crippen LogP contribution is -2.40. The number of carbonyl (C=O) groups is 2. The van der Waals surface area contributed by atoms with Gasteiger partial charge in [0.2, 0.25) is 5.91 Å². The zero-order valence-corrected chi connectivity index (χ0v) is 13.2. The highest BCUT2D eigenvalue weighted by Gasteiger charge is 2.34. The fraction of sp³-hybridized carbons (Fsp3) is 0.263. The van der Waals surface area contributed by atoms with E-state index >= 15 is 0 Å². The second-order valence-corrected chi connectivity index (χ2v) is 6.08. The van der Waals surface area contributed by atoms with Gasteiger partial charge in [-0.2, -0.15) is 0 Å². The van der Waals surface area contributed by atoms with E-state index < -0.39 is 12.0 Å². The number of aryl methyl sites for hydroxylation is 2. The minimum Gasteiger partial charge on any atom is -0.479 e. The highest BCUT2D eigenvalue weighted by Crippen LogP contribution is 2.35. The van der Waals surface area contributed by atoms with Crippen LogP contribution in [0.15, 0.2) is 42.5 Å². The fourth-order valence-electron chi connectivity index (χ4n) is 2.97. The molecule has 0 aliphatic heterocycles. The zero-order chi connectivity index (χ0) is 16.6. The first-order chi connectivity index (χ1) is 11.0. The summed E-state index contributed by atoms with van der Waals surface area (Å²) in [6.07, 6.45) is 0.668. The number of nitrogens with one attached hydrogen (secondary N) is 1. The second-order valence-electron chi connectivity index (χ2n) is 6.08. The van der Waals surface area contributed by atoms with Crippen molar-refractivity contribution < 1.29 is 14.7 Å². The summed E-state index contributed by atoms with van der Waals surface area (Å²) >= 11 is 0. The monoisotopic (exact) mass is 309 g/mol. The lowest BCUT2D eigenvalue weighted by molar-refractivity contribution is -0.142. The van der Waals surface area contributed by atoms with Crippen molar-refractivity contribution in [1.82, 2.24) is 5.32 Å². The molecule has 3 rings (SSSR count). The van der Waals surface area contributed by atoms with Crippen LogP contribution in [0.3, 0.4) is 0 Å². The summed E-state index contributed by atoms with van der Waals surface area (Å²) in [5.41, 5.74) is 4.86. The molecule has 2 atom stereocenters. The van der Waals surface area contributed by atoms with Gasteiger partial charge in [-0.05, 0) is 48.1 Å². The molecule has 4 heteroatoms. The van der Waals surface area contributed by atoms with Gasteiger partial charge in [-0.15, -0.1) is 0 Å². The summed E-state index contributed by atoms with van der Waals surface area (Å²) in [6, 6.07) is 12.2. The molecular formula is C19H19NO3. The van der Waals surface area contributed by atoms with E-state index in [1.807, 2.05) is 50.2 Å². The Bertz CT molecular complexity index is 782. The third-order valence-corrected chi connectivity index (χ3v) is 4.57. The van der Waals surface area contributed by atoms with Crippen molar-refractivity contribution in [2.75, 3.05) is 0 Å². The maximum Gasteiger partial charge on any atom is 0.330 e. The summed E-state index contributed by atoms with van der Waals surface area (Å²) in [5.74, 6) is -1.52. The molecule has 2 unspecified atom stereocenters. The molecule has 0 radical (unpaired) electrons. The molecular weight excluding hydrogens is 290 g/mol. The molecule has 0 aromatic heterocycles. The van der Waals surface area contributed by atoms with Gasteiger partial charge in [0.05, 0.1) is 5.92 Å². The summed E-state index contributed by atoms with van der Waals surface area (Å²) in [5, 5.41) is 12.2. The molecule has 118 valence electrons. The lowest BCUT2D eigenvalue weighted by Gasteiger charge is -2.30. The Labute approximate surface area is 135 Å². The topological polar surface area (TPSA) is 66.4 Å². The molecule has 1 aliphatic rings. The van der Waals surface area contributed by atoms with Gasteiger partial charge in [0.15, 0.2) is 6.04 Å². The Hall–Kier alpha value is -2.62. The number of rotatable bonds is 4. The van der Waals surface area contributed by atoms with Gasteiger partial charge in [0.25, 0.3) is 0 Å². The molecule has 0 heterocycles. The normalized spacial score (nSPS) is 16.9. The molecule has 0 saturated heterocycles. The molecule has 0 bridgehead atoms. The quantitative estimate of drug-likeness (QED) is 0.912. The number of amides is 1. The first-order valence-electron chi connectivity index (χ1n) is 7.65. The number of carbonyl (C=O) groups excluding carboxylic acids is 1. The van der Waals surface area contributed by atoms with Gasteiger partial charge in [0, 0.05) is 0 Å². The van der Waals surface area contributed by atoms with E-state index in [0.717, 1.165) is 22.3 Å². The lowest BCUT2D eigenvalue weighted by atomic mass is 9.77. The van der Waals surface area contributed by atoms with Crippen LogP contribution in [0, 0.1) is 13.8 Å². The average Bonchev–Trinajstić information content (AvgIpc) is 2.49. The Morgan fingerprint density at radius 3 is 2.52 bits per heavy atom. The van der Waals surface area contributed by atoms with Gasteiger partial charge >= 0.3 is 5.97 Å². The van der Waals surface area contributed by atoms with Gasteiger partial charge in [0.1, 0.15) is 0 Å². The number of carboxylic acid groups (broad SMARTS) is 1. The number of hydrogen-bond acceptors (Lipinski definition) is 2. The van der Waals surface area contributed by atoms with Crippen LogP contribution in [-0.4, -0.2) is 17.0 Å². The summed E-state index contributed by atoms with van der Waals surface area (Å²) in [4.78, 5) is 24.0. The fourth-order valence-corrected chi connectivity index (χ4v) is 2.97. The first kappa shape index (κ1) is 15.3. The summed E-state index contributed by atoms with van der Waals surface area (Å²) in [7, 11) is 0. The second kappa shape index (κ2) is 5.88. The van der Waals surface area contributed by atoms with Gasteiger partial charge in [-0.25, -0.2) is 4.79 Å². The Balaban J connectivity index is 1.79. The van der Waals surface area contributed by atoms with Gasteiger partial charge in [-0.1, -0.05) is 42.5 Å². The number of fused-ring (bicyclic) bond motifs is 1. The Morgan fingerprint density at radius 2 is 1.87 bits per heavy atom. The summed E-state index contributed by atoms with van der Waals surface area (Å²) < 4.78 is 0.